The van der Waals surface area contributed by atoms with Gasteiger partial charge in [-0.05, 0) is 12.8 Å². The van der Waals surface area contributed by atoms with Crippen molar-refractivity contribution in [3.05, 3.63) is 27.1 Å². The summed E-state index contributed by atoms with van der Waals surface area (Å²) in [6.07, 6.45) is 5.83. The molecule has 0 spiro atoms. The number of carboxylic acid groups (broad SMARTS) is 1. The summed E-state index contributed by atoms with van der Waals surface area (Å²) >= 11 is 1.14. The molecule has 1 aliphatic rings. The highest BCUT2D eigenvalue weighted by Gasteiger charge is 2.21. The van der Waals surface area contributed by atoms with Gasteiger partial charge in [0.2, 0.25) is 5.91 Å². The van der Waals surface area contributed by atoms with Crippen LogP contribution in [0.15, 0.2) is 10.2 Å². The van der Waals surface area contributed by atoms with Gasteiger partial charge in [-0.3, -0.25) is 14.2 Å². The van der Waals surface area contributed by atoms with Crippen molar-refractivity contribution >= 4 is 33.4 Å². The predicted octanol–water partition coefficient (Wildman–Crippen LogP) is 2.17. The van der Waals surface area contributed by atoms with Gasteiger partial charge in [0.05, 0.1) is 10.9 Å². The molecule has 2 aromatic rings. The highest BCUT2D eigenvalue weighted by Crippen LogP contribution is 2.22. The Labute approximate surface area is 148 Å². The van der Waals surface area contributed by atoms with Crippen LogP contribution in [0.5, 0.6) is 0 Å². The maximum atomic E-state index is 12.8. The fourth-order valence-electron chi connectivity index (χ4n) is 3.32. The Bertz CT molecular complexity index is 865. The molecule has 7 nitrogen and oxygen atoms in total. The maximum Gasteiger partial charge on any atom is 0.337 e. The van der Waals surface area contributed by atoms with E-state index in [1.165, 1.54) is 16.4 Å². The number of rotatable bonds is 5. The van der Waals surface area contributed by atoms with Crippen molar-refractivity contribution in [1.29, 1.82) is 0 Å². The lowest BCUT2D eigenvalue weighted by Crippen LogP contribution is -2.40. The third kappa shape index (κ3) is 3.58. The van der Waals surface area contributed by atoms with Crippen LogP contribution in [-0.4, -0.2) is 32.6 Å². The number of aromatic nitrogens is 2. The highest BCUT2D eigenvalue weighted by atomic mass is 32.1. The van der Waals surface area contributed by atoms with Crippen molar-refractivity contribution in [1.82, 2.24) is 14.9 Å². The van der Waals surface area contributed by atoms with Crippen molar-refractivity contribution in [3.63, 3.8) is 0 Å². The summed E-state index contributed by atoms with van der Waals surface area (Å²) in [5, 5.41) is 13.8. The summed E-state index contributed by atoms with van der Waals surface area (Å²) < 4.78 is 1.31. The van der Waals surface area contributed by atoms with E-state index in [0.717, 1.165) is 37.0 Å². The molecule has 8 heteroatoms. The van der Waals surface area contributed by atoms with Crippen LogP contribution in [0.2, 0.25) is 0 Å². The van der Waals surface area contributed by atoms with Crippen LogP contribution >= 0.6 is 11.3 Å². The Kier molecular flexibility index (Phi) is 5.17. The summed E-state index contributed by atoms with van der Waals surface area (Å²) in [4.78, 5) is 41.3. The molecule has 0 atom stereocenters. The van der Waals surface area contributed by atoms with Crippen LogP contribution in [0.25, 0.3) is 10.2 Å². The second-order valence-corrected chi connectivity index (χ2v) is 7.17. The van der Waals surface area contributed by atoms with Crippen LogP contribution in [0.1, 0.15) is 55.2 Å². The molecule has 2 N–H and O–H groups in total. The lowest BCUT2D eigenvalue weighted by molar-refractivity contribution is -0.122. The van der Waals surface area contributed by atoms with Gasteiger partial charge >= 0.3 is 5.97 Å². The van der Waals surface area contributed by atoms with Gasteiger partial charge in [-0.15, -0.1) is 11.3 Å². The first-order valence-corrected chi connectivity index (χ1v) is 9.42. The van der Waals surface area contributed by atoms with Gasteiger partial charge in [-0.1, -0.05) is 26.2 Å². The number of amides is 1. The zero-order chi connectivity index (χ0) is 18.0. The molecular formula is C17H21N3O4S. The minimum absolute atomic E-state index is 0.0541. The predicted molar refractivity (Wildman–Crippen MR) is 95.2 cm³/mol. The molecule has 1 saturated carbocycles. The van der Waals surface area contributed by atoms with Gasteiger partial charge in [-0.2, -0.15) is 0 Å². The van der Waals surface area contributed by atoms with Gasteiger partial charge < -0.3 is 10.4 Å². The number of fused-ring (bicyclic) bond motifs is 1. The smallest absolute Gasteiger partial charge is 0.337 e. The molecule has 0 aromatic carbocycles. The molecule has 0 bridgehead atoms. The summed E-state index contributed by atoms with van der Waals surface area (Å²) in [5.41, 5.74) is -0.513. The van der Waals surface area contributed by atoms with E-state index in [1.54, 1.807) is 0 Å². The lowest BCUT2D eigenvalue weighted by atomic mass is 9.95. The Balaban J connectivity index is 1.92. The SMILES string of the molecule is CCc1nc2scc(C(=O)O)c2c(=O)n1CC(=O)NC1CCCCC1. The standard InChI is InChI=1S/C17H21N3O4S/c1-2-12-19-15-14(11(9-25-15)17(23)24)16(22)20(12)8-13(21)18-10-6-4-3-5-7-10/h9-10H,2-8H2,1H3,(H,18,21)(H,23,24). The van der Waals surface area contributed by atoms with Gasteiger partial charge in [0.15, 0.2) is 0 Å². The zero-order valence-electron chi connectivity index (χ0n) is 14.1. The summed E-state index contributed by atoms with van der Waals surface area (Å²) in [6, 6.07) is 0.162. The van der Waals surface area contributed by atoms with Crippen molar-refractivity contribution in [2.75, 3.05) is 0 Å². The van der Waals surface area contributed by atoms with E-state index in [2.05, 4.69) is 10.3 Å². The monoisotopic (exact) mass is 363 g/mol. The van der Waals surface area contributed by atoms with Gasteiger partial charge in [0.25, 0.3) is 5.56 Å². The molecule has 1 aliphatic carbocycles. The van der Waals surface area contributed by atoms with E-state index in [0.29, 0.717) is 17.1 Å². The first kappa shape index (κ1) is 17.6. The fraction of sp³-hybridized carbons (Fsp3) is 0.529. The number of thiophene rings is 1. The van der Waals surface area contributed by atoms with E-state index in [1.807, 2.05) is 6.92 Å². The fourth-order valence-corrected chi connectivity index (χ4v) is 4.24. The van der Waals surface area contributed by atoms with Crippen LogP contribution in [0, 0.1) is 0 Å². The highest BCUT2D eigenvalue weighted by molar-refractivity contribution is 7.17. The number of hydrogen-bond donors (Lipinski definition) is 2. The molecule has 0 radical (unpaired) electrons. The molecule has 25 heavy (non-hydrogen) atoms. The molecular weight excluding hydrogens is 342 g/mol. The van der Waals surface area contributed by atoms with E-state index in [9.17, 15) is 19.5 Å². The average molecular weight is 363 g/mol. The molecule has 2 aromatic heterocycles. The summed E-state index contributed by atoms with van der Waals surface area (Å²) in [5.74, 6) is -0.889. The number of hydrogen-bond acceptors (Lipinski definition) is 5. The van der Waals surface area contributed by atoms with E-state index in [4.69, 9.17) is 0 Å². The first-order chi connectivity index (χ1) is 12.0. The molecule has 1 amide bonds. The molecule has 0 saturated heterocycles. The molecule has 0 unspecified atom stereocenters. The Morgan fingerprint density at radius 2 is 2.08 bits per heavy atom. The van der Waals surface area contributed by atoms with Crippen molar-refractivity contribution in [2.24, 2.45) is 0 Å². The number of aryl methyl sites for hydroxylation is 1. The summed E-state index contributed by atoms with van der Waals surface area (Å²) in [6.45, 7) is 1.73. The molecule has 0 aliphatic heterocycles. The Hall–Kier alpha value is -2.22. The minimum atomic E-state index is -1.16. The number of nitrogens with zero attached hydrogens (tertiary/aromatic N) is 2. The van der Waals surface area contributed by atoms with Crippen molar-refractivity contribution in [2.45, 2.75) is 58.0 Å². The maximum absolute atomic E-state index is 12.8. The molecule has 2 heterocycles. The number of nitrogens with one attached hydrogen (secondary N) is 1. The van der Waals surface area contributed by atoms with Crippen LogP contribution < -0.4 is 10.9 Å². The van der Waals surface area contributed by atoms with Gasteiger partial charge in [-0.25, -0.2) is 9.78 Å². The number of carbonyl (C=O) groups excluding carboxylic acids is 1. The van der Waals surface area contributed by atoms with Crippen molar-refractivity contribution < 1.29 is 14.7 Å². The van der Waals surface area contributed by atoms with Gasteiger partial charge in [0.1, 0.15) is 17.2 Å². The lowest BCUT2D eigenvalue weighted by Gasteiger charge is -2.23. The average Bonchev–Trinajstić information content (AvgIpc) is 3.02. The van der Waals surface area contributed by atoms with Crippen LogP contribution in [0.3, 0.4) is 0 Å². The second-order valence-electron chi connectivity index (χ2n) is 6.31. The minimum Gasteiger partial charge on any atom is -0.478 e. The normalized spacial score (nSPS) is 15.4. The first-order valence-electron chi connectivity index (χ1n) is 8.54. The quantitative estimate of drug-likeness (QED) is 0.848. The second kappa shape index (κ2) is 7.35. The zero-order valence-corrected chi connectivity index (χ0v) is 14.9. The molecule has 3 rings (SSSR count). The van der Waals surface area contributed by atoms with Crippen LogP contribution in [-0.2, 0) is 17.8 Å². The van der Waals surface area contributed by atoms with E-state index < -0.39 is 11.5 Å². The van der Waals surface area contributed by atoms with Gasteiger partial charge in [0, 0.05) is 17.8 Å². The largest absolute Gasteiger partial charge is 0.478 e. The third-order valence-electron chi connectivity index (χ3n) is 4.59. The third-order valence-corrected chi connectivity index (χ3v) is 5.46. The number of carboxylic acids is 1. The van der Waals surface area contributed by atoms with E-state index in [-0.39, 0.29) is 29.4 Å². The Morgan fingerprint density at radius 3 is 2.72 bits per heavy atom. The number of aromatic carboxylic acids is 1. The molecule has 1 fully saturated rings. The van der Waals surface area contributed by atoms with Crippen LogP contribution in [0.4, 0.5) is 0 Å². The van der Waals surface area contributed by atoms with Crippen molar-refractivity contribution in [3.8, 4) is 0 Å². The summed E-state index contributed by atoms with van der Waals surface area (Å²) in [7, 11) is 0. The number of carbonyl (C=O) groups is 2. The van der Waals surface area contributed by atoms with E-state index >= 15 is 0 Å². The molecule has 134 valence electrons. The Morgan fingerprint density at radius 1 is 1.36 bits per heavy atom. The topological polar surface area (TPSA) is 101 Å².